The molecule has 0 bridgehead atoms. The number of rotatable bonds is 6. The van der Waals surface area contributed by atoms with Crippen molar-refractivity contribution in [2.45, 2.75) is 0 Å². The first-order chi connectivity index (χ1) is 9.58. The molecule has 2 aromatic rings. The van der Waals surface area contributed by atoms with Crippen molar-refractivity contribution in [2.75, 3.05) is 18.5 Å². The van der Waals surface area contributed by atoms with Crippen LogP contribution in [-0.2, 0) is 7.05 Å². The van der Waals surface area contributed by atoms with Gasteiger partial charge >= 0.3 is 5.82 Å². The van der Waals surface area contributed by atoms with E-state index < -0.39 is 4.92 Å². The Balaban J connectivity index is 1.87. The van der Waals surface area contributed by atoms with E-state index in [1.807, 2.05) is 0 Å². The molecule has 0 unspecified atom stereocenters. The average molecular weight is 280 g/mol. The Morgan fingerprint density at radius 3 is 3.05 bits per heavy atom. The number of hydrogen-bond donors (Lipinski definition) is 1. The molecule has 0 atom stereocenters. The maximum Gasteiger partial charge on any atom is 0.406 e. The van der Waals surface area contributed by atoms with Gasteiger partial charge in [0.05, 0.1) is 6.54 Å². The lowest BCUT2D eigenvalue weighted by atomic mass is 10.3. The fourth-order valence-corrected chi connectivity index (χ4v) is 1.65. The highest BCUT2D eigenvalue weighted by Crippen LogP contribution is 2.20. The molecule has 0 aliphatic rings. The van der Waals surface area contributed by atoms with Gasteiger partial charge in [0.1, 0.15) is 18.2 Å². The van der Waals surface area contributed by atoms with Crippen LogP contribution in [-0.4, -0.2) is 27.6 Å². The SMILES string of the molecule is Cn1cnc([N+](=O)[O-])c1NCCOc1cccc(F)c1. The van der Waals surface area contributed by atoms with Crippen LogP contribution in [0.25, 0.3) is 0 Å². The van der Waals surface area contributed by atoms with Crippen molar-refractivity contribution in [2.24, 2.45) is 7.05 Å². The van der Waals surface area contributed by atoms with Gasteiger partial charge in [0.25, 0.3) is 0 Å². The number of aromatic nitrogens is 2. The highest BCUT2D eigenvalue weighted by Gasteiger charge is 2.19. The molecular formula is C12H13FN4O3. The van der Waals surface area contributed by atoms with Gasteiger partial charge in [-0.25, -0.2) is 4.39 Å². The number of nitrogens with one attached hydrogen (secondary N) is 1. The summed E-state index contributed by atoms with van der Waals surface area (Å²) in [6.45, 7) is 0.572. The second-order valence-corrected chi connectivity index (χ2v) is 4.02. The number of ether oxygens (including phenoxy) is 1. The summed E-state index contributed by atoms with van der Waals surface area (Å²) in [6.07, 6.45) is 1.36. The summed E-state index contributed by atoms with van der Waals surface area (Å²) in [6, 6.07) is 5.77. The van der Waals surface area contributed by atoms with Crippen molar-refractivity contribution in [1.82, 2.24) is 9.55 Å². The van der Waals surface area contributed by atoms with Crippen LogP contribution >= 0.6 is 0 Å². The van der Waals surface area contributed by atoms with E-state index in [1.165, 1.54) is 23.0 Å². The molecule has 0 aliphatic carbocycles. The van der Waals surface area contributed by atoms with Crippen LogP contribution in [0.15, 0.2) is 30.6 Å². The van der Waals surface area contributed by atoms with Crippen molar-refractivity contribution < 1.29 is 14.1 Å². The Hall–Kier alpha value is -2.64. The largest absolute Gasteiger partial charge is 0.492 e. The van der Waals surface area contributed by atoms with E-state index in [4.69, 9.17) is 4.74 Å². The molecule has 2 rings (SSSR count). The second-order valence-electron chi connectivity index (χ2n) is 4.02. The summed E-state index contributed by atoms with van der Waals surface area (Å²) in [5.41, 5.74) is 0. The van der Waals surface area contributed by atoms with Gasteiger partial charge in [-0.15, -0.1) is 0 Å². The Morgan fingerprint density at radius 2 is 2.35 bits per heavy atom. The minimum Gasteiger partial charge on any atom is -0.492 e. The number of nitrogens with zero attached hydrogens (tertiary/aromatic N) is 3. The fraction of sp³-hybridized carbons (Fsp3) is 0.250. The van der Waals surface area contributed by atoms with Crippen LogP contribution in [0.3, 0.4) is 0 Å². The Kier molecular flexibility index (Phi) is 4.14. The van der Waals surface area contributed by atoms with Crippen LogP contribution in [0.5, 0.6) is 5.75 Å². The quantitative estimate of drug-likeness (QED) is 0.497. The molecule has 8 heteroatoms. The summed E-state index contributed by atoms with van der Waals surface area (Å²) >= 11 is 0. The molecule has 1 N–H and O–H groups in total. The highest BCUT2D eigenvalue weighted by molar-refractivity contribution is 5.51. The van der Waals surface area contributed by atoms with Gasteiger partial charge in [-0.2, -0.15) is 0 Å². The van der Waals surface area contributed by atoms with Crippen molar-refractivity contribution in [3.05, 3.63) is 46.5 Å². The maximum absolute atomic E-state index is 12.9. The molecular weight excluding hydrogens is 267 g/mol. The van der Waals surface area contributed by atoms with Crippen LogP contribution in [0.4, 0.5) is 16.0 Å². The number of nitro groups is 1. The smallest absolute Gasteiger partial charge is 0.406 e. The molecule has 0 fully saturated rings. The van der Waals surface area contributed by atoms with Gasteiger partial charge in [-0.05, 0) is 22.0 Å². The zero-order valence-corrected chi connectivity index (χ0v) is 10.7. The topological polar surface area (TPSA) is 82.2 Å². The first-order valence-corrected chi connectivity index (χ1v) is 5.86. The monoisotopic (exact) mass is 280 g/mol. The number of halogens is 1. The summed E-state index contributed by atoms with van der Waals surface area (Å²) in [4.78, 5) is 13.9. The predicted molar refractivity (Wildman–Crippen MR) is 70.2 cm³/mol. The van der Waals surface area contributed by atoms with Crippen LogP contribution in [0, 0.1) is 15.9 Å². The Morgan fingerprint density at radius 1 is 1.55 bits per heavy atom. The molecule has 0 spiro atoms. The minimum atomic E-state index is -0.560. The van der Waals surface area contributed by atoms with Crippen LogP contribution in [0.2, 0.25) is 0 Å². The van der Waals surface area contributed by atoms with Gasteiger partial charge < -0.3 is 20.2 Å². The number of anilines is 1. The number of imidazole rings is 1. The Bertz CT molecular complexity index is 614. The number of benzene rings is 1. The van der Waals surface area contributed by atoms with Crippen molar-refractivity contribution in [1.29, 1.82) is 0 Å². The molecule has 0 radical (unpaired) electrons. The molecule has 1 aromatic heterocycles. The molecule has 1 heterocycles. The maximum atomic E-state index is 12.9. The normalized spacial score (nSPS) is 10.3. The number of aryl methyl sites for hydroxylation is 1. The van der Waals surface area contributed by atoms with Crippen LogP contribution in [0.1, 0.15) is 0 Å². The van der Waals surface area contributed by atoms with Crippen molar-refractivity contribution in [3.63, 3.8) is 0 Å². The lowest BCUT2D eigenvalue weighted by Gasteiger charge is -2.08. The van der Waals surface area contributed by atoms with Gasteiger partial charge in [0, 0.05) is 13.1 Å². The molecule has 0 aliphatic heterocycles. The van der Waals surface area contributed by atoms with E-state index >= 15 is 0 Å². The standard InChI is InChI=1S/C12H13FN4O3/c1-16-8-15-12(17(18)19)11(16)14-5-6-20-10-4-2-3-9(13)7-10/h2-4,7-8,14H,5-6H2,1H3. The molecule has 0 saturated heterocycles. The summed E-state index contributed by atoms with van der Waals surface area (Å²) in [5.74, 6) is 0.0973. The first kappa shape index (κ1) is 13.8. The van der Waals surface area contributed by atoms with E-state index in [0.29, 0.717) is 18.1 Å². The van der Waals surface area contributed by atoms with Crippen molar-refractivity contribution >= 4 is 11.6 Å². The summed E-state index contributed by atoms with van der Waals surface area (Å²) in [7, 11) is 1.65. The van der Waals surface area contributed by atoms with Gasteiger partial charge in [-0.3, -0.25) is 4.57 Å². The average Bonchev–Trinajstić information content (AvgIpc) is 2.76. The van der Waals surface area contributed by atoms with E-state index in [-0.39, 0.29) is 18.2 Å². The molecule has 0 amide bonds. The zero-order valence-electron chi connectivity index (χ0n) is 10.7. The molecule has 1 aromatic carbocycles. The van der Waals surface area contributed by atoms with E-state index in [9.17, 15) is 14.5 Å². The van der Waals surface area contributed by atoms with E-state index in [1.54, 1.807) is 19.2 Å². The van der Waals surface area contributed by atoms with Gasteiger partial charge in [0.15, 0.2) is 0 Å². The lowest BCUT2D eigenvalue weighted by molar-refractivity contribution is -0.388. The lowest BCUT2D eigenvalue weighted by Crippen LogP contribution is -2.14. The Labute approximate surface area is 114 Å². The van der Waals surface area contributed by atoms with E-state index in [0.717, 1.165) is 0 Å². The molecule has 0 saturated carbocycles. The second kappa shape index (κ2) is 6.00. The van der Waals surface area contributed by atoms with Crippen LogP contribution < -0.4 is 10.1 Å². The van der Waals surface area contributed by atoms with E-state index in [2.05, 4.69) is 10.3 Å². The third kappa shape index (κ3) is 3.22. The van der Waals surface area contributed by atoms with Crippen molar-refractivity contribution in [3.8, 4) is 5.75 Å². The number of hydrogen-bond acceptors (Lipinski definition) is 5. The highest BCUT2D eigenvalue weighted by atomic mass is 19.1. The summed E-state index contributed by atoms with van der Waals surface area (Å²) in [5, 5.41) is 13.6. The third-order valence-electron chi connectivity index (χ3n) is 2.55. The molecule has 20 heavy (non-hydrogen) atoms. The minimum absolute atomic E-state index is 0.238. The fourth-order valence-electron chi connectivity index (χ4n) is 1.65. The molecule has 7 nitrogen and oxygen atoms in total. The first-order valence-electron chi connectivity index (χ1n) is 5.86. The third-order valence-corrected chi connectivity index (χ3v) is 2.55. The molecule has 106 valence electrons. The predicted octanol–water partition coefficient (Wildman–Crippen LogP) is 1.96. The zero-order chi connectivity index (χ0) is 14.5. The van der Waals surface area contributed by atoms with Gasteiger partial charge in [-0.1, -0.05) is 6.07 Å². The van der Waals surface area contributed by atoms with Gasteiger partial charge in [0.2, 0.25) is 12.1 Å². The summed E-state index contributed by atoms with van der Waals surface area (Å²) < 4.78 is 19.7.